The smallest absolute Gasteiger partial charge is 0.139 e. The van der Waals surface area contributed by atoms with Gasteiger partial charge in [0.1, 0.15) is 5.78 Å². The molecule has 0 heterocycles. The van der Waals surface area contributed by atoms with Crippen molar-refractivity contribution < 1.29 is 4.79 Å². The van der Waals surface area contributed by atoms with Crippen LogP contribution < -0.4 is 0 Å². The molecule has 4 saturated carbocycles. The van der Waals surface area contributed by atoms with E-state index in [9.17, 15) is 4.79 Å². The molecule has 6 atom stereocenters. The van der Waals surface area contributed by atoms with E-state index in [-0.39, 0.29) is 5.41 Å². The third kappa shape index (κ3) is 1.58. The van der Waals surface area contributed by atoms with E-state index in [1.54, 1.807) is 0 Å². The van der Waals surface area contributed by atoms with Crippen LogP contribution in [-0.4, -0.2) is 5.78 Å². The summed E-state index contributed by atoms with van der Waals surface area (Å²) in [4.78, 5) is 12.4. The lowest BCUT2D eigenvalue weighted by molar-refractivity contribution is -0.138. The van der Waals surface area contributed by atoms with Crippen molar-refractivity contribution in [1.82, 2.24) is 0 Å². The van der Waals surface area contributed by atoms with Gasteiger partial charge in [-0.1, -0.05) is 26.7 Å². The Hall–Kier alpha value is -0.330. The first kappa shape index (κ1) is 13.3. The van der Waals surface area contributed by atoms with E-state index >= 15 is 0 Å². The van der Waals surface area contributed by atoms with Crippen molar-refractivity contribution >= 4 is 5.78 Å². The van der Waals surface area contributed by atoms with Crippen LogP contribution >= 0.6 is 0 Å². The molecule has 0 bridgehead atoms. The monoisotopic (exact) mass is 274 g/mol. The maximum absolute atomic E-state index is 12.4. The summed E-state index contributed by atoms with van der Waals surface area (Å²) in [6.45, 7) is 4.92. The average molecular weight is 274 g/mol. The topological polar surface area (TPSA) is 17.1 Å². The Kier molecular flexibility index (Phi) is 2.89. The highest BCUT2D eigenvalue weighted by atomic mass is 16.1. The van der Waals surface area contributed by atoms with Gasteiger partial charge in [-0.15, -0.1) is 0 Å². The number of carbonyl (C=O) groups is 1. The molecule has 0 saturated heterocycles. The second-order valence-corrected chi connectivity index (χ2v) is 8.82. The number of Topliss-reactive ketones (excluding diaryl/α,β-unsaturated/α-hetero) is 1. The maximum Gasteiger partial charge on any atom is 0.139 e. The van der Waals surface area contributed by atoms with Crippen molar-refractivity contribution in [3.63, 3.8) is 0 Å². The lowest BCUT2D eigenvalue weighted by atomic mass is 9.45. The molecule has 0 aliphatic heterocycles. The molecule has 0 N–H and O–H groups in total. The molecule has 4 aliphatic rings. The molecule has 0 aromatic rings. The Morgan fingerprint density at radius 1 is 0.900 bits per heavy atom. The lowest BCUT2D eigenvalue weighted by Gasteiger charge is -2.59. The first-order chi connectivity index (χ1) is 9.56. The van der Waals surface area contributed by atoms with Gasteiger partial charge in [0.25, 0.3) is 0 Å². The SMILES string of the molecule is C[C@@]12CCCC[C@@H]1CC[C@H]1[C@H]2CC[C@]2(C)C(=O)CC[C@H]12. The number of hydrogen-bond acceptors (Lipinski definition) is 1. The zero-order valence-electron chi connectivity index (χ0n) is 13.3. The van der Waals surface area contributed by atoms with Crippen LogP contribution in [0.2, 0.25) is 0 Å². The third-order valence-corrected chi connectivity index (χ3v) is 8.29. The van der Waals surface area contributed by atoms with E-state index in [1.807, 2.05) is 0 Å². The highest BCUT2D eigenvalue weighted by Crippen LogP contribution is 2.65. The van der Waals surface area contributed by atoms with E-state index in [2.05, 4.69) is 13.8 Å². The van der Waals surface area contributed by atoms with Gasteiger partial charge in [0.05, 0.1) is 0 Å². The van der Waals surface area contributed by atoms with E-state index in [4.69, 9.17) is 0 Å². The average Bonchev–Trinajstić information content (AvgIpc) is 2.74. The Morgan fingerprint density at radius 2 is 1.75 bits per heavy atom. The summed E-state index contributed by atoms with van der Waals surface area (Å²) in [6.07, 6.45) is 13.4. The van der Waals surface area contributed by atoms with Crippen LogP contribution in [0.3, 0.4) is 0 Å². The fraction of sp³-hybridized carbons (Fsp3) is 0.947. The molecule has 1 nitrogen and oxygen atoms in total. The summed E-state index contributed by atoms with van der Waals surface area (Å²) < 4.78 is 0. The van der Waals surface area contributed by atoms with Gasteiger partial charge in [-0.2, -0.15) is 0 Å². The summed E-state index contributed by atoms with van der Waals surface area (Å²) in [5, 5.41) is 0. The summed E-state index contributed by atoms with van der Waals surface area (Å²) in [5.41, 5.74) is 0.688. The van der Waals surface area contributed by atoms with Crippen LogP contribution in [-0.2, 0) is 4.79 Å². The van der Waals surface area contributed by atoms with Gasteiger partial charge in [-0.3, -0.25) is 4.79 Å². The summed E-state index contributed by atoms with van der Waals surface area (Å²) in [6, 6.07) is 0. The van der Waals surface area contributed by atoms with Crippen LogP contribution in [0.1, 0.15) is 78.1 Å². The number of fused-ring (bicyclic) bond motifs is 5. The number of carbonyl (C=O) groups excluding carboxylic acids is 1. The summed E-state index contributed by atoms with van der Waals surface area (Å²) in [7, 11) is 0. The minimum Gasteiger partial charge on any atom is -0.299 e. The van der Waals surface area contributed by atoms with Gasteiger partial charge < -0.3 is 0 Å². The van der Waals surface area contributed by atoms with Crippen LogP contribution in [0.5, 0.6) is 0 Å². The normalized spacial score (nSPS) is 55.0. The van der Waals surface area contributed by atoms with Crippen LogP contribution in [0.4, 0.5) is 0 Å². The third-order valence-electron chi connectivity index (χ3n) is 8.29. The van der Waals surface area contributed by atoms with Gasteiger partial charge in [0, 0.05) is 11.8 Å². The van der Waals surface area contributed by atoms with Gasteiger partial charge in [-0.25, -0.2) is 0 Å². The van der Waals surface area contributed by atoms with Crippen molar-refractivity contribution in [3.8, 4) is 0 Å². The standard InChI is InChI=1S/C19H30O/c1-18-11-4-3-5-13(18)6-7-14-15-8-9-17(20)19(15,2)12-10-16(14)18/h13-16H,3-12H2,1-2H3/t13-,14-,15-,16-,18-,19+/m1/s1. The van der Waals surface area contributed by atoms with Crippen molar-refractivity contribution in [3.05, 3.63) is 0 Å². The molecule has 4 rings (SSSR count). The molecule has 1 heteroatoms. The minimum absolute atomic E-state index is 0.0685. The highest BCUT2D eigenvalue weighted by Gasteiger charge is 2.59. The fourth-order valence-electron chi connectivity index (χ4n) is 7.07. The zero-order valence-corrected chi connectivity index (χ0v) is 13.3. The quantitative estimate of drug-likeness (QED) is 0.608. The van der Waals surface area contributed by atoms with Crippen molar-refractivity contribution in [2.45, 2.75) is 78.1 Å². The second kappa shape index (κ2) is 4.34. The number of hydrogen-bond donors (Lipinski definition) is 0. The van der Waals surface area contributed by atoms with Crippen LogP contribution in [0.25, 0.3) is 0 Å². The highest BCUT2D eigenvalue weighted by molar-refractivity contribution is 5.87. The van der Waals surface area contributed by atoms with Crippen molar-refractivity contribution in [2.75, 3.05) is 0 Å². The molecule has 4 aliphatic carbocycles. The van der Waals surface area contributed by atoms with Gasteiger partial charge in [-0.05, 0) is 74.0 Å². The second-order valence-electron chi connectivity index (χ2n) is 8.82. The predicted octanol–water partition coefficient (Wildman–Crippen LogP) is 4.99. The Morgan fingerprint density at radius 3 is 2.60 bits per heavy atom. The summed E-state index contributed by atoms with van der Waals surface area (Å²) in [5.74, 6) is 4.13. The molecule has 0 unspecified atom stereocenters. The molecule has 4 fully saturated rings. The van der Waals surface area contributed by atoms with Gasteiger partial charge in [0.15, 0.2) is 0 Å². The largest absolute Gasteiger partial charge is 0.299 e. The first-order valence-corrected chi connectivity index (χ1v) is 9.09. The lowest BCUT2D eigenvalue weighted by Crippen LogP contribution is -2.52. The Balaban J connectivity index is 1.66. The van der Waals surface area contributed by atoms with E-state index in [1.165, 1.54) is 57.8 Å². The molecule has 0 amide bonds. The molecule has 0 aromatic carbocycles. The molecular weight excluding hydrogens is 244 g/mol. The van der Waals surface area contributed by atoms with Crippen molar-refractivity contribution in [1.29, 1.82) is 0 Å². The van der Waals surface area contributed by atoms with Crippen LogP contribution in [0.15, 0.2) is 0 Å². The molecule has 112 valence electrons. The molecule has 0 spiro atoms. The first-order valence-electron chi connectivity index (χ1n) is 9.09. The molecule has 0 aromatic heterocycles. The van der Waals surface area contributed by atoms with E-state index in [0.29, 0.717) is 11.2 Å². The molecule has 0 radical (unpaired) electrons. The van der Waals surface area contributed by atoms with Gasteiger partial charge >= 0.3 is 0 Å². The predicted molar refractivity (Wildman–Crippen MR) is 81.4 cm³/mol. The van der Waals surface area contributed by atoms with Gasteiger partial charge in [0.2, 0.25) is 0 Å². The fourth-order valence-corrected chi connectivity index (χ4v) is 7.07. The van der Waals surface area contributed by atoms with Crippen molar-refractivity contribution in [2.24, 2.45) is 34.5 Å². The zero-order chi connectivity index (χ0) is 14.0. The Bertz CT molecular complexity index is 427. The number of rotatable bonds is 0. The molecule has 20 heavy (non-hydrogen) atoms. The van der Waals surface area contributed by atoms with E-state index < -0.39 is 0 Å². The van der Waals surface area contributed by atoms with Crippen LogP contribution in [0, 0.1) is 34.5 Å². The van der Waals surface area contributed by atoms with E-state index in [0.717, 1.165) is 30.1 Å². The number of ketones is 1. The summed E-state index contributed by atoms with van der Waals surface area (Å²) >= 11 is 0. The Labute approximate surface area is 123 Å². The minimum atomic E-state index is 0.0685. The maximum atomic E-state index is 12.4. The molecular formula is C19H30O.